The second-order valence-electron chi connectivity index (χ2n) is 6.44. The van der Waals surface area contributed by atoms with Crippen LogP contribution in [0.2, 0.25) is 0 Å². The molecule has 1 aromatic heterocycles. The number of esters is 1. The van der Waals surface area contributed by atoms with Gasteiger partial charge in [-0.3, -0.25) is 4.79 Å². The molecule has 6 nitrogen and oxygen atoms in total. The van der Waals surface area contributed by atoms with Crippen LogP contribution in [0.1, 0.15) is 23.1 Å². The molecule has 6 heteroatoms. The summed E-state index contributed by atoms with van der Waals surface area (Å²) in [4.78, 5) is 23.9. The van der Waals surface area contributed by atoms with Gasteiger partial charge in [-0.1, -0.05) is 18.2 Å². The van der Waals surface area contributed by atoms with E-state index >= 15 is 0 Å². The fourth-order valence-corrected chi connectivity index (χ4v) is 3.03. The predicted molar refractivity (Wildman–Crippen MR) is 97.9 cm³/mol. The third-order valence-electron chi connectivity index (χ3n) is 4.43. The Balaban J connectivity index is 1.39. The number of ether oxygens (including phenoxy) is 3. The molecule has 0 saturated carbocycles. The molecule has 138 valence electrons. The normalized spacial score (nSPS) is 12.3. The van der Waals surface area contributed by atoms with Gasteiger partial charge in [0.1, 0.15) is 12.2 Å². The number of carbonyl (C=O) groups is 1. The predicted octanol–water partition coefficient (Wildman–Crippen LogP) is 3.51. The molecule has 0 aliphatic carbocycles. The molecular formula is C21H18O6. The number of benzene rings is 2. The first kappa shape index (κ1) is 17.1. The van der Waals surface area contributed by atoms with Crippen LogP contribution in [0.5, 0.6) is 11.5 Å². The van der Waals surface area contributed by atoms with Crippen LogP contribution in [0.3, 0.4) is 0 Å². The molecule has 3 aromatic rings. The molecule has 0 unspecified atom stereocenters. The highest BCUT2D eigenvalue weighted by molar-refractivity contribution is 5.81. The average Bonchev–Trinajstić information content (AvgIpc) is 3.11. The number of hydrogen-bond acceptors (Lipinski definition) is 6. The fourth-order valence-electron chi connectivity index (χ4n) is 3.03. The van der Waals surface area contributed by atoms with Gasteiger partial charge in [-0.25, -0.2) is 4.79 Å². The zero-order valence-corrected chi connectivity index (χ0v) is 14.8. The lowest BCUT2D eigenvalue weighted by atomic mass is 10.1. The smallest absolute Gasteiger partial charge is 0.336 e. The summed E-state index contributed by atoms with van der Waals surface area (Å²) >= 11 is 0. The first-order valence-corrected chi connectivity index (χ1v) is 8.66. The standard InChI is InChI=1S/C21H18O6/c1-13-2-5-16-15(10-21(23)27-18(16)8-13)11-24-20(22)7-4-14-3-6-17-19(9-14)26-12-25-17/h2-3,5-6,8-10H,4,7,11-12H2,1H3. The van der Waals surface area contributed by atoms with Crippen LogP contribution in [0.25, 0.3) is 11.0 Å². The number of hydrogen-bond donors (Lipinski definition) is 0. The number of rotatable bonds is 5. The van der Waals surface area contributed by atoms with E-state index in [1.165, 1.54) is 6.07 Å². The Morgan fingerprint density at radius 1 is 1.07 bits per heavy atom. The van der Waals surface area contributed by atoms with Crippen molar-refractivity contribution in [2.75, 3.05) is 6.79 Å². The van der Waals surface area contributed by atoms with E-state index in [2.05, 4.69) is 0 Å². The van der Waals surface area contributed by atoms with Gasteiger partial charge in [0, 0.05) is 23.4 Å². The molecule has 2 aromatic carbocycles. The first-order chi connectivity index (χ1) is 13.1. The summed E-state index contributed by atoms with van der Waals surface area (Å²) in [6, 6.07) is 12.6. The van der Waals surface area contributed by atoms with Crippen molar-refractivity contribution in [1.82, 2.24) is 0 Å². The Morgan fingerprint density at radius 3 is 2.81 bits per heavy atom. The highest BCUT2D eigenvalue weighted by Crippen LogP contribution is 2.32. The molecule has 0 bridgehead atoms. The van der Waals surface area contributed by atoms with Crippen LogP contribution >= 0.6 is 0 Å². The molecule has 1 aliphatic rings. The lowest BCUT2D eigenvalue weighted by Crippen LogP contribution is -2.08. The zero-order valence-electron chi connectivity index (χ0n) is 14.8. The van der Waals surface area contributed by atoms with Gasteiger partial charge in [-0.15, -0.1) is 0 Å². The van der Waals surface area contributed by atoms with Crippen molar-refractivity contribution in [2.45, 2.75) is 26.4 Å². The first-order valence-electron chi connectivity index (χ1n) is 8.66. The summed E-state index contributed by atoms with van der Waals surface area (Å²) in [6.45, 7) is 2.17. The monoisotopic (exact) mass is 366 g/mol. The summed E-state index contributed by atoms with van der Waals surface area (Å²) in [5.74, 6) is 1.08. The van der Waals surface area contributed by atoms with E-state index in [1.54, 1.807) is 6.07 Å². The van der Waals surface area contributed by atoms with E-state index in [1.807, 2.05) is 37.3 Å². The molecule has 27 heavy (non-hydrogen) atoms. The second-order valence-corrected chi connectivity index (χ2v) is 6.44. The summed E-state index contributed by atoms with van der Waals surface area (Å²) in [5.41, 5.74) is 2.63. The van der Waals surface area contributed by atoms with Gasteiger partial charge in [-0.2, -0.15) is 0 Å². The summed E-state index contributed by atoms with van der Waals surface area (Å²) in [7, 11) is 0. The summed E-state index contributed by atoms with van der Waals surface area (Å²) < 4.78 is 21.2. The maximum atomic E-state index is 12.1. The topological polar surface area (TPSA) is 75.0 Å². The van der Waals surface area contributed by atoms with Crippen molar-refractivity contribution in [2.24, 2.45) is 0 Å². The van der Waals surface area contributed by atoms with E-state index in [4.69, 9.17) is 18.6 Å². The highest BCUT2D eigenvalue weighted by atomic mass is 16.7. The summed E-state index contributed by atoms with van der Waals surface area (Å²) in [6.07, 6.45) is 0.768. The van der Waals surface area contributed by atoms with Crippen molar-refractivity contribution in [3.8, 4) is 11.5 Å². The van der Waals surface area contributed by atoms with Gasteiger partial charge < -0.3 is 18.6 Å². The van der Waals surface area contributed by atoms with Gasteiger partial charge in [0.15, 0.2) is 11.5 Å². The van der Waals surface area contributed by atoms with Crippen LogP contribution in [-0.4, -0.2) is 12.8 Å². The average molecular weight is 366 g/mol. The van der Waals surface area contributed by atoms with Crippen molar-refractivity contribution < 1.29 is 23.4 Å². The second kappa shape index (κ2) is 7.15. The van der Waals surface area contributed by atoms with E-state index in [0.29, 0.717) is 29.1 Å². The Hall–Kier alpha value is -3.28. The van der Waals surface area contributed by atoms with E-state index in [-0.39, 0.29) is 25.8 Å². The Morgan fingerprint density at radius 2 is 1.93 bits per heavy atom. The van der Waals surface area contributed by atoms with Crippen molar-refractivity contribution >= 4 is 16.9 Å². The number of aryl methyl sites for hydroxylation is 2. The molecule has 0 amide bonds. The molecule has 0 saturated heterocycles. The lowest BCUT2D eigenvalue weighted by molar-refractivity contribution is -0.144. The van der Waals surface area contributed by atoms with Crippen LogP contribution in [0.4, 0.5) is 0 Å². The van der Waals surface area contributed by atoms with Gasteiger partial charge in [0.2, 0.25) is 6.79 Å². The maximum Gasteiger partial charge on any atom is 0.336 e. The molecule has 2 heterocycles. The van der Waals surface area contributed by atoms with E-state index in [9.17, 15) is 9.59 Å². The van der Waals surface area contributed by atoms with Gasteiger partial charge in [-0.05, 0) is 42.7 Å². The Labute approximate surface area is 155 Å². The molecule has 1 aliphatic heterocycles. The minimum Gasteiger partial charge on any atom is -0.461 e. The van der Waals surface area contributed by atoms with Crippen molar-refractivity contribution in [3.05, 3.63) is 69.6 Å². The number of carbonyl (C=O) groups excluding carboxylic acids is 1. The molecule has 4 rings (SSSR count). The Bertz CT molecular complexity index is 1070. The van der Waals surface area contributed by atoms with E-state index < -0.39 is 5.63 Å². The molecule has 0 fully saturated rings. The third-order valence-corrected chi connectivity index (χ3v) is 4.43. The maximum absolute atomic E-state index is 12.1. The zero-order chi connectivity index (χ0) is 18.8. The highest BCUT2D eigenvalue weighted by Gasteiger charge is 2.14. The number of fused-ring (bicyclic) bond motifs is 2. The SMILES string of the molecule is Cc1ccc2c(COC(=O)CCc3ccc4c(c3)OCO4)cc(=O)oc2c1. The Kier molecular flexibility index (Phi) is 4.54. The van der Waals surface area contributed by atoms with Crippen LogP contribution in [0.15, 0.2) is 51.7 Å². The van der Waals surface area contributed by atoms with Crippen LogP contribution in [0, 0.1) is 6.92 Å². The van der Waals surface area contributed by atoms with Crippen LogP contribution < -0.4 is 15.1 Å². The van der Waals surface area contributed by atoms with Crippen LogP contribution in [-0.2, 0) is 22.6 Å². The third kappa shape index (κ3) is 3.79. The molecule has 0 radical (unpaired) electrons. The lowest BCUT2D eigenvalue weighted by Gasteiger charge is -2.08. The van der Waals surface area contributed by atoms with Crippen molar-refractivity contribution in [3.63, 3.8) is 0 Å². The molecule has 0 spiro atoms. The largest absolute Gasteiger partial charge is 0.461 e. The van der Waals surface area contributed by atoms with Gasteiger partial charge in [0.25, 0.3) is 0 Å². The fraction of sp³-hybridized carbons (Fsp3) is 0.238. The van der Waals surface area contributed by atoms with Crippen molar-refractivity contribution in [1.29, 1.82) is 0 Å². The van der Waals surface area contributed by atoms with Gasteiger partial charge >= 0.3 is 11.6 Å². The summed E-state index contributed by atoms with van der Waals surface area (Å²) in [5, 5.41) is 0.767. The van der Waals surface area contributed by atoms with E-state index in [0.717, 1.165) is 16.5 Å². The van der Waals surface area contributed by atoms with Gasteiger partial charge in [0.05, 0.1) is 0 Å². The molecular weight excluding hydrogens is 348 g/mol. The minimum absolute atomic E-state index is 0.0329. The molecule has 0 atom stereocenters. The molecule has 0 N–H and O–H groups in total. The minimum atomic E-state index is -0.459. The quantitative estimate of drug-likeness (QED) is 0.508.